The Balaban J connectivity index is 3.28. The molecule has 0 aliphatic rings. The van der Waals surface area contributed by atoms with E-state index in [0.29, 0.717) is 0 Å². The van der Waals surface area contributed by atoms with Crippen molar-refractivity contribution in [2.24, 2.45) is 0 Å². The second-order valence-electron chi connectivity index (χ2n) is 2.78. The Morgan fingerprint density at radius 1 is 1.53 bits per heavy atom. The maximum atomic E-state index is 12.0. The zero-order valence-corrected chi connectivity index (χ0v) is 9.29. The molecule has 0 saturated carbocycles. The lowest BCUT2D eigenvalue weighted by molar-refractivity contribution is -0.0500. The van der Waals surface area contributed by atoms with E-state index in [9.17, 15) is 13.6 Å². The molecule has 0 aliphatic carbocycles. The number of ether oxygens (including phenoxy) is 2. The molecule has 0 fully saturated rings. The Morgan fingerprint density at radius 2 is 2.18 bits per heavy atom. The van der Waals surface area contributed by atoms with Crippen molar-refractivity contribution in [2.45, 2.75) is 6.61 Å². The van der Waals surface area contributed by atoms with Crippen LogP contribution in [0, 0.1) is 11.3 Å². The third kappa shape index (κ3) is 2.82. The summed E-state index contributed by atoms with van der Waals surface area (Å²) in [6, 6.07) is 3.79. The fraction of sp³-hybridized carbons (Fsp3) is 0.200. The van der Waals surface area contributed by atoms with Crippen molar-refractivity contribution in [3.63, 3.8) is 0 Å². The summed E-state index contributed by atoms with van der Waals surface area (Å²) in [4.78, 5) is 11.2. The van der Waals surface area contributed by atoms with Crippen LogP contribution in [-0.4, -0.2) is 19.7 Å². The molecule has 17 heavy (non-hydrogen) atoms. The van der Waals surface area contributed by atoms with Crippen molar-refractivity contribution >= 4 is 17.6 Å². The van der Waals surface area contributed by atoms with Gasteiger partial charge < -0.3 is 9.47 Å². The van der Waals surface area contributed by atoms with Gasteiger partial charge in [0.25, 0.3) is 0 Å². The number of benzene rings is 1. The predicted molar refractivity (Wildman–Crippen MR) is 54.1 cm³/mol. The van der Waals surface area contributed by atoms with Gasteiger partial charge in [0.15, 0.2) is 0 Å². The topological polar surface area (TPSA) is 59.3 Å². The van der Waals surface area contributed by atoms with Gasteiger partial charge in [0, 0.05) is 0 Å². The molecule has 4 nitrogen and oxygen atoms in total. The molecule has 0 radical (unpaired) electrons. The van der Waals surface area contributed by atoms with E-state index >= 15 is 0 Å². The number of carbonyl (C=O) groups excluding carboxylic acids is 1. The van der Waals surface area contributed by atoms with E-state index in [-0.39, 0.29) is 21.9 Å². The van der Waals surface area contributed by atoms with Crippen molar-refractivity contribution in [3.05, 3.63) is 28.3 Å². The monoisotopic (exact) mass is 261 g/mol. The molecule has 0 heterocycles. The predicted octanol–water partition coefficient (Wildman–Crippen LogP) is 2.60. The van der Waals surface area contributed by atoms with Crippen LogP contribution in [0.25, 0.3) is 0 Å². The van der Waals surface area contributed by atoms with Crippen LogP contribution in [0.3, 0.4) is 0 Å². The van der Waals surface area contributed by atoms with Crippen LogP contribution in [0.1, 0.15) is 15.9 Å². The van der Waals surface area contributed by atoms with Crippen LogP contribution in [0.5, 0.6) is 5.75 Å². The second kappa shape index (κ2) is 5.46. The molecule has 1 rings (SSSR count). The first-order valence-electron chi connectivity index (χ1n) is 4.27. The Labute approximate surface area is 100 Å². The Bertz CT molecular complexity index is 485. The highest BCUT2D eigenvalue weighted by molar-refractivity contribution is 6.35. The Morgan fingerprint density at radius 3 is 2.65 bits per heavy atom. The highest BCUT2D eigenvalue weighted by Crippen LogP contribution is 2.30. The average molecular weight is 262 g/mol. The summed E-state index contributed by atoms with van der Waals surface area (Å²) >= 11 is 5.72. The van der Waals surface area contributed by atoms with Gasteiger partial charge in [-0.1, -0.05) is 11.6 Å². The van der Waals surface area contributed by atoms with Crippen LogP contribution < -0.4 is 4.74 Å². The smallest absolute Gasteiger partial charge is 0.387 e. The zero-order chi connectivity index (χ0) is 13.0. The molecule has 7 heteroatoms. The second-order valence-corrected chi connectivity index (χ2v) is 3.16. The molecular weight excluding hydrogens is 256 g/mol. The van der Waals surface area contributed by atoms with E-state index in [1.165, 1.54) is 0 Å². The van der Waals surface area contributed by atoms with Crippen LogP contribution in [0.15, 0.2) is 12.1 Å². The molecule has 0 unspecified atom stereocenters. The van der Waals surface area contributed by atoms with Gasteiger partial charge in [-0.3, -0.25) is 0 Å². The van der Waals surface area contributed by atoms with E-state index in [4.69, 9.17) is 16.9 Å². The fourth-order valence-corrected chi connectivity index (χ4v) is 1.40. The summed E-state index contributed by atoms with van der Waals surface area (Å²) in [5.41, 5.74) is -0.429. The van der Waals surface area contributed by atoms with Crippen LogP contribution in [0.2, 0.25) is 5.02 Å². The number of carbonyl (C=O) groups is 1. The number of nitrogens with zero attached hydrogens (tertiary/aromatic N) is 1. The highest BCUT2D eigenvalue weighted by atomic mass is 35.5. The van der Waals surface area contributed by atoms with Crippen molar-refractivity contribution in [1.82, 2.24) is 0 Å². The highest BCUT2D eigenvalue weighted by Gasteiger charge is 2.19. The first-order chi connectivity index (χ1) is 8.01. The standard InChI is InChI=1S/C10H6ClF2NO3/c1-16-9(15)5-2-3-7(17-10(12)13)6(4-14)8(5)11/h2-3,10H,1H3. The summed E-state index contributed by atoms with van der Waals surface area (Å²) in [5.74, 6) is -1.16. The van der Waals surface area contributed by atoms with Crippen molar-refractivity contribution in [1.29, 1.82) is 5.26 Å². The fourth-order valence-electron chi connectivity index (χ4n) is 1.12. The molecule has 1 aromatic rings. The van der Waals surface area contributed by atoms with Crippen molar-refractivity contribution < 1.29 is 23.0 Å². The van der Waals surface area contributed by atoms with Crippen molar-refractivity contribution in [2.75, 3.05) is 7.11 Å². The van der Waals surface area contributed by atoms with Gasteiger partial charge in [-0.05, 0) is 12.1 Å². The summed E-state index contributed by atoms with van der Waals surface area (Å²) in [6.45, 7) is -3.08. The summed E-state index contributed by atoms with van der Waals surface area (Å²) in [7, 11) is 1.13. The third-order valence-corrected chi connectivity index (χ3v) is 2.23. The third-order valence-electron chi connectivity index (χ3n) is 1.84. The number of nitriles is 1. The SMILES string of the molecule is COC(=O)c1ccc(OC(F)F)c(C#N)c1Cl. The van der Waals surface area contributed by atoms with E-state index in [1.807, 2.05) is 0 Å². The minimum absolute atomic E-state index is 0.0904. The van der Waals surface area contributed by atoms with Crippen LogP contribution in [0.4, 0.5) is 8.78 Å². The van der Waals surface area contributed by atoms with Crippen LogP contribution in [-0.2, 0) is 4.74 Å². The van der Waals surface area contributed by atoms with E-state index in [2.05, 4.69) is 9.47 Å². The van der Waals surface area contributed by atoms with E-state index in [0.717, 1.165) is 19.2 Å². The quantitative estimate of drug-likeness (QED) is 0.785. The Kier molecular flexibility index (Phi) is 4.24. The normalized spacial score (nSPS) is 9.88. The van der Waals surface area contributed by atoms with Gasteiger partial charge in [0.2, 0.25) is 0 Å². The first kappa shape index (κ1) is 13.2. The van der Waals surface area contributed by atoms with Gasteiger partial charge in [0.05, 0.1) is 17.7 Å². The molecule has 0 amide bonds. The number of rotatable bonds is 3. The summed E-state index contributed by atoms with van der Waals surface area (Å²) in [6.07, 6.45) is 0. The summed E-state index contributed by atoms with van der Waals surface area (Å²) < 4.78 is 32.6. The number of alkyl halides is 2. The number of esters is 1. The molecule has 0 N–H and O–H groups in total. The maximum Gasteiger partial charge on any atom is 0.387 e. The van der Waals surface area contributed by atoms with E-state index < -0.39 is 12.6 Å². The molecule has 0 bridgehead atoms. The lowest BCUT2D eigenvalue weighted by atomic mass is 10.1. The number of hydrogen-bond donors (Lipinski definition) is 0. The van der Waals surface area contributed by atoms with Gasteiger partial charge in [-0.25, -0.2) is 4.79 Å². The van der Waals surface area contributed by atoms with E-state index in [1.54, 1.807) is 6.07 Å². The molecule has 0 aliphatic heterocycles. The van der Waals surface area contributed by atoms with Crippen LogP contribution >= 0.6 is 11.6 Å². The number of methoxy groups -OCH3 is 1. The zero-order valence-electron chi connectivity index (χ0n) is 8.54. The van der Waals surface area contributed by atoms with Crippen molar-refractivity contribution in [3.8, 4) is 11.8 Å². The number of hydrogen-bond acceptors (Lipinski definition) is 4. The summed E-state index contributed by atoms with van der Waals surface area (Å²) in [5, 5.41) is 8.50. The van der Waals surface area contributed by atoms with Gasteiger partial charge in [-0.15, -0.1) is 0 Å². The molecule has 0 atom stereocenters. The largest absolute Gasteiger partial charge is 0.465 e. The lowest BCUT2D eigenvalue weighted by Gasteiger charge is -2.09. The van der Waals surface area contributed by atoms with Gasteiger partial charge >= 0.3 is 12.6 Å². The minimum Gasteiger partial charge on any atom is -0.465 e. The molecule has 0 aromatic heterocycles. The average Bonchev–Trinajstić information content (AvgIpc) is 2.28. The Hall–Kier alpha value is -1.87. The van der Waals surface area contributed by atoms with Gasteiger partial charge in [0.1, 0.15) is 17.4 Å². The van der Waals surface area contributed by atoms with Gasteiger partial charge in [-0.2, -0.15) is 14.0 Å². The molecule has 90 valence electrons. The minimum atomic E-state index is -3.08. The number of halogens is 3. The lowest BCUT2D eigenvalue weighted by Crippen LogP contribution is -2.07. The molecular formula is C10H6ClF2NO3. The molecule has 0 spiro atoms. The molecule has 1 aromatic carbocycles. The molecule has 0 saturated heterocycles. The first-order valence-corrected chi connectivity index (χ1v) is 4.64. The maximum absolute atomic E-state index is 12.0.